The van der Waals surface area contributed by atoms with Gasteiger partial charge in [-0.1, -0.05) is 29.3 Å². The molecule has 2 heterocycles. The third kappa shape index (κ3) is 3.51. The lowest BCUT2D eigenvalue weighted by Crippen LogP contribution is -2.31. The zero-order valence-corrected chi connectivity index (χ0v) is 19.0. The molecule has 2 aliphatic rings. The summed E-state index contributed by atoms with van der Waals surface area (Å²) in [6.07, 6.45) is 2.07. The Morgan fingerprint density at radius 1 is 1.03 bits per heavy atom. The van der Waals surface area contributed by atoms with Gasteiger partial charge < -0.3 is 14.8 Å². The van der Waals surface area contributed by atoms with Crippen molar-refractivity contribution in [2.45, 2.75) is 25.3 Å². The van der Waals surface area contributed by atoms with Gasteiger partial charge in [0.15, 0.2) is 11.6 Å². The van der Waals surface area contributed by atoms with E-state index in [9.17, 15) is 4.79 Å². The van der Waals surface area contributed by atoms with E-state index in [1.165, 1.54) is 0 Å². The van der Waals surface area contributed by atoms with Crippen LogP contribution in [0.25, 0.3) is 11.4 Å². The van der Waals surface area contributed by atoms with Gasteiger partial charge in [-0.05, 0) is 42.7 Å². The van der Waals surface area contributed by atoms with Crippen molar-refractivity contribution in [2.75, 3.05) is 19.5 Å². The van der Waals surface area contributed by atoms with Gasteiger partial charge in [-0.3, -0.25) is 4.79 Å². The molecule has 0 saturated heterocycles. The summed E-state index contributed by atoms with van der Waals surface area (Å²) in [6, 6.07) is 10.4. The molecule has 3 aromatic rings. The number of nitrogens with zero attached hydrogens (tertiary/aromatic N) is 3. The molecule has 0 bridgehead atoms. The Balaban J connectivity index is 1.67. The number of allylic oxidation sites excluding steroid dienone is 2. The number of methoxy groups -OCH3 is 2. The van der Waals surface area contributed by atoms with E-state index < -0.39 is 6.04 Å². The van der Waals surface area contributed by atoms with Crippen LogP contribution in [0.2, 0.25) is 10.0 Å². The van der Waals surface area contributed by atoms with Crippen molar-refractivity contribution in [3.8, 4) is 22.9 Å². The van der Waals surface area contributed by atoms with Gasteiger partial charge in [0, 0.05) is 29.3 Å². The molecular weight excluding hydrogens is 451 g/mol. The Morgan fingerprint density at radius 2 is 1.78 bits per heavy atom. The molecule has 7 nitrogen and oxygen atoms in total. The minimum atomic E-state index is -0.447. The number of fused-ring (bicyclic) bond motifs is 1. The van der Waals surface area contributed by atoms with Gasteiger partial charge in [-0.2, -0.15) is 4.98 Å². The Kier molecular flexibility index (Phi) is 5.31. The van der Waals surface area contributed by atoms with Crippen LogP contribution in [0.1, 0.15) is 30.9 Å². The summed E-state index contributed by atoms with van der Waals surface area (Å²) in [5.74, 6) is 2.41. The van der Waals surface area contributed by atoms with Gasteiger partial charge in [0.1, 0.15) is 17.5 Å². The van der Waals surface area contributed by atoms with E-state index in [1.807, 2.05) is 18.2 Å². The van der Waals surface area contributed by atoms with Crippen LogP contribution in [0, 0.1) is 0 Å². The molecule has 164 valence electrons. The van der Waals surface area contributed by atoms with E-state index in [0.29, 0.717) is 45.3 Å². The van der Waals surface area contributed by atoms with Crippen LogP contribution in [0.3, 0.4) is 0 Å². The second-order valence-corrected chi connectivity index (χ2v) is 8.49. The number of hydrogen-bond acceptors (Lipinski definition) is 6. The van der Waals surface area contributed by atoms with Crippen molar-refractivity contribution in [1.82, 2.24) is 14.8 Å². The van der Waals surface area contributed by atoms with E-state index in [-0.39, 0.29) is 5.78 Å². The maximum absolute atomic E-state index is 13.0. The number of carbonyl (C=O) groups excluding carboxylic acids is 1. The molecule has 9 heteroatoms. The summed E-state index contributed by atoms with van der Waals surface area (Å²) in [6.45, 7) is 0. The average molecular weight is 471 g/mol. The fourth-order valence-electron chi connectivity index (χ4n) is 4.21. The minimum absolute atomic E-state index is 0.0978. The van der Waals surface area contributed by atoms with E-state index in [2.05, 4.69) is 5.32 Å². The Labute approximate surface area is 195 Å². The molecule has 1 aromatic heterocycles. The maximum atomic E-state index is 13.0. The van der Waals surface area contributed by atoms with Crippen LogP contribution >= 0.6 is 23.2 Å². The molecule has 0 amide bonds. The van der Waals surface area contributed by atoms with Gasteiger partial charge in [0.05, 0.1) is 24.3 Å². The van der Waals surface area contributed by atoms with Gasteiger partial charge in [-0.15, -0.1) is 5.10 Å². The summed E-state index contributed by atoms with van der Waals surface area (Å²) >= 11 is 12.5. The number of Topliss-reactive ketones (excluding diaryl/α,β-unsaturated/α-hetero) is 1. The van der Waals surface area contributed by atoms with Crippen molar-refractivity contribution in [2.24, 2.45) is 0 Å². The third-order valence-electron chi connectivity index (χ3n) is 5.74. The number of hydrogen-bond donors (Lipinski definition) is 1. The molecule has 32 heavy (non-hydrogen) atoms. The molecule has 1 N–H and O–H groups in total. The average Bonchev–Trinajstić information content (AvgIpc) is 3.23. The van der Waals surface area contributed by atoms with Crippen molar-refractivity contribution in [3.63, 3.8) is 0 Å². The van der Waals surface area contributed by atoms with E-state index in [0.717, 1.165) is 29.7 Å². The highest BCUT2D eigenvalue weighted by Gasteiger charge is 2.37. The van der Waals surface area contributed by atoms with Crippen LogP contribution in [-0.4, -0.2) is 34.8 Å². The maximum Gasteiger partial charge on any atom is 0.226 e. The second kappa shape index (κ2) is 8.15. The number of ketones is 1. The van der Waals surface area contributed by atoms with Crippen LogP contribution in [0.4, 0.5) is 5.95 Å². The molecule has 5 rings (SSSR count). The van der Waals surface area contributed by atoms with Crippen LogP contribution < -0.4 is 14.8 Å². The largest absolute Gasteiger partial charge is 0.497 e. The fraction of sp³-hybridized carbons (Fsp3) is 0.261. The van der Waals surface area contributed by atoms with Crippen LogP contribution in [-0.2, 0) is 4.79 Å². The highest BCUT2D eigenvalue weighted by atomic mass is 35.5. The Hall–Kier alpha value is -3.03. The molecule has 1 aliphatic carbocycles. The van der Waals surface area contributed by atoms with Crippen LogP contribution in [0.5, 0.6) is 11.5 Å². The molecule has 1 aliphatic heterocycles. The lowest BCUT2D eigenvalue weighted by atomic mass is 9.85. The first-order valence-electron chi connectivity index (χ1n) is 10.2. The first kappa shape index (κ1) is 20.8. The van der Waals surface area contributed by atoms with Gasteiger partial charge in [-0.25, -0.2) is 4.68 Å². The summed E-state index contributed by atoms with van der Waals surface area (Å²) < 4.78 is 12.5. The minimum Gasteiger partial charge on any atom is -0.497 e. The van der Waals surface area contributed by atoms with E-state index in [1.54, 1.807) is 37.1 Å². The normalized spacial score (nSPS) is 17.5. The SMILES string of the molecule is COc1cc(OC)cc(-c2nc3n(n2)C(c2ccc(Cl)c(Cl)c2)C2=C(CCCC2=O)N3)c1. The summed E-state index contributed by atoms with van der Waals surface area (Å²) in [7, 11) is 3.19. The lowest BCUT2D eigenvalue weighted by molar-refractivity contribution is -0.116. The van der Waals surface area contributed by atoms with Gasteiger partial charge in [0.2, 0.25) is 5.95 Å². The lowest BCUT2D eigenvalue weighted by Gasteiger charge is -2.32. The molecule has 1 atom stereocenters. The second-order valence-electron chi connectivity index (χ2n) is 7.67. The molecule has 0 radical (unpaired) electrons. The number of benzene rings is 2. The zero-order valence-electron chi connectivity index (χ0n) is 17.5. The molecule has 0 fully saturated rings. The van der Waals surface area contributed by atoms with Crippen molar-refractivity contribution >= 4 is 34.9 Å². The molecule has 0 saturated carbocycles. The quantitative estimate of drug-likeness (QED) is 0.557. The summed E-state index contributed by atoms with van der Waals surface area (Å²) in [5, 5.41) is 8.98. The molecule has 2 aromatic carbocycles. The first-order chi connectivity index (χ1) is 15.5. The molecule has 1 unspecified atom stereocenters. The van der Waals surface area contributed by atoms with Gasteiger partial charge >= 0.3 is 0 Å². The van der Waals surface area contributed by atoms with Crippen molar-refractivity contribution in [3.05, 3.63) is 63.3 Å². The van der Waals surface area contributed by atoms with Crippen molar-refractivity contribution < 1.29 is 14.3 Å². The molecular formula is C23H20Cl2N4O3. The highest BCUT2D eigenvalue weighted by molar-refractivity contribution is 6.42. The summed E-state index contributed by atoms with van der Waals surface area (Å²) in [4.78, 5) is 17.7. The predicted molar refractivity (Wildman–Crippen MR) is 123 cm³/mol. The number of ether oxygens (including phenoxy) is 2. The smallest absolute Gasteiger partial charge is 0.226 e. The first-order valence-corrected chi connectivity index (χ1v) is 10.9. The topological polar surface area (TPSA) is 78.3 Å². The standard InChI is InChI=1S/C23H20Cl2N4O3/c1-31-14-8-13(9-15(11-14)32-2)22-27-23-26-18-4-3-5-19(30)20(18)21(29(23)28-22)12-6-7-16(24)17(25)10-12/h6-11,21H,3-5H2,1-2H3,(H,26,27,28). The number of rotatable bonds is 4. The zero-order chi connectivity index (χ0) is 22.4. The van der Waals surface area contributed by atoms with Gasteiger partial charge in [0.25, 0.3) is 0 Å². The highest BCUT2D eigenvalue weighted by Crippen LogP contribution is 2.42. The van der Waals surface area contributed by atoms with Crippen LogP contribution in [0.15, 0.2) is 47.7 Å². The number of carbonyl (C=O) groups is 1. The fourth-order valence-corrected chi connectivity index (χ4v) is 4.51. The van der Waals surface area contributed by atoms with E-state index >= 15 is 0 Å². The Morgan fingerprint density at radius 3 is 2.47 bits per heavy atom. The predicted octanol–water partition coefficient (Wildman–Crippen LogP) is 5.29. The third-order valence-corrected chi connectivity index (χ3v) is 6.48. The van der Waals surface area contributed by atoms with E-state index in [4.69, 9.17) is 42.8 Å². The number of aromatic nitrogens is 3. The molecule has 0 spiro atoms. The number of nitrogens with one attached hydrogen (secondary N) is 1. The Bertz CT molecular complexity index is 1250. The number of anilines is 1. The number of halogens is 2. The van der Waals surface area contributed by atoms with Crippen molar-refractivity contribution in [1.29, 1.82) is 0 Å². The monoisotopic (exact) mass is 470 g/mol. The summed E-state index contributed by atoms with van der Waals surface area (Å²) in [5.41, 5.74) is 3.14.